The van der Waals surface area contributed by atoms with Gasteiger partial charge < -0.3 is 14.6 Å². The molecule has 0 saturated heterocycles. The van der Waals surface area contributed by atoms with Gasteiger partial charge in [-0.3, -0.25) is 0 Å². The van der Waals surface area contributed by atoms with Gasteiger partial charge in [-0.05, 0) is 69.2 Å². The lowest BCUT2D eigenvalue weighted by molar-refractivity contribution is -0.152. The lowest BCUT2D eigenvalue weighted by Gasteiger charge is -2.23. The predicted octanol–water partition coefficient (Wildman–Crippen LogP) is 4.59. The SMILES string of the molecule is Cc1cc(OCCCC#Cc2cccc(F)c2)ccc1OC(C)(C)C(=O)O. The lowest BCUT2D eigenvalue weighted by atomic mass is 10.1. The molecular weight excluding hydrogens is 347 g/mol. The minimum absolute atomic E-state index is 0.292. The van der Waals surface area contributed by atoms with Crippen LogP contribution >= 0.6 is 0 Å². The Balaban J connectivity index is 1.81. The van der Waals surface area contributed by atoms with Crippen molar-refractivity contribution < 1.29 is 23.8 Å². The van der Waals surface area contributed by atoms with E-state index in [9.17, 15) is 9.18 Å². The molecule has 27 heavy (non-hydrogen) atoms. The van der Waals surface area contributed by atoms with Gasteiger partial charge in [-0.2, -0.15) is 0 Å². The largest absolute Gasteiger partial charge is 0.494 e. The van der Waals surface area contributed by atoms with Crippen molar-refractivity contribution in [3.05, 3.63) is 59.4 Å². The average molecular weight is 370 g/mol. The second-order valence-electron chi connectivity index (χ2n) is 6.61. The molecule has 0 fully saturated rings. The van der Waals surface area contributed by atoms with Crippen LogP contribution in [0.25, 0.3) is 0 Å². The summed E-state index contributed by atoms with van der Waals surface area (Å²) in [6.07, 6.45) is 1.38. The van der Waals surface area contributed by atoms with E-state index in [-0.39, 0.29) is 5.82 Å². The molecule has 0 aliphatic rings. The van der Waals surface area contributed by atoms with Gasteiger partial charge in [0.15, 0.2) is 5.60 Å². The molecule has 0 saturated carbocycles. The van der Waals surface area contributed by atoms with Crippen LogP contribution in [0.1, 0.15) is 37.8 Å². The number of aliphatic carboxylic acids is 1. The third kappa shape index (κ3) is 6.34. The zero-order valence-electron chi connectivity index (χ0n) is 15.7. The molecule has 2 rings (SSSR count). The highest BCUT2D eigenvalue weighted by molar-refractivity contribution is 5.76. The van der Waals surface area contributed by atoms with E-state index in [1.54, 1.807) is 24.3 Å². The lowest BCUT2D eigenvalue weighted by Crippen LogP contribution is -2.38. The first-order valence-corrected chi connectivity index (χ1v) is 8.68. The van der Waals surface area contributed by atoms with E-state index in [2.05, 4.69) is 11.8 Å². The number of carboxylic acids is 1. The number of halogens is 1. The second-order valence-corrected chi connectivity index (χ2v) is 6.61. The number of aryl methyl sites for hydroxylation is 1. The molecule has 0 radical (unpaired) electrons. The summed E-state index contributed by atoms with van der Waals surface area (Å²) in [7, 11) is 0. The van der Waals surface area contributed by atoms with Gasteiger partial charge in [0.25, 0.3) is 0 Å². The summed E-state index contributed by atoms with van der Waals surface area (Å²) in [5, 5.41) is 9.14. The maximum atomic E-state index is 13.1. The van der Waals surface area contributed by atoms with Crippen molar-refractivity contribution in [1.29, 1.82) is 0 Å². The minimum Gasteiger partial charge on any atom is -0.494 e. The van der Waals surface area contributed by atoms with Gasteiger partial charge >= 0.3 is 5.97 Å². The van der Waals surface area contributed by atoms with E-state index in [0.29, 0.717) is 30.1 Å². The topological polar surface area (TPSA) is 55.8 Å². The standard InChI is InChI=1S/C22H23FO4/c1-16-14-19(11-12-20(16)27-22(2,3)21(24)25)26-13-6-4-5-8-17-9-7-10-18(23)15-17/h7,9-12,14-15H,4,6,13H2,1-3H3,(H,24,25). The molecule has 0 aliphatic carbocycles. The Bertz CT molecular complexity index is 862. The number of rotatable bonds is 7. The minimum atomic E-state index is -1.30. The van der Waals surface area contributed by atoms with Crippen LogP contribution in [0, 0.1) is 24.6 Å². The molecule has 5 heteroatoms. The van der Waals surface area contributed by atoms with Crippen molar-refractivity contribution in [2.45, 2.75) is 39.2 Å². The van der Waals surface area contributed by atoms with E-state index < -0.39 is 11.6 Å². The number of carbonyl (C=O) groups is 1. The van der Waals surface area contributed by atoms with Crippen LogP contribution in [-0.4, -0.2) is 23.3 Å². The van der Waals surface area contributed by atoms with Crippen molar-refractivity contribution in [1.82, 2.24) is 0 Å². The van der Waals surface area contributed by atoms with Crippen LogP contribution < -0.4 is 9.47 Å². The molecule has 0 heterocycles. The van der Waals surface area contributed by atoms with E-state index in [1.165, 1.54) is 26.0 Å². The van der Waals surface area contributed by atoms with Gasteiger partial charge in [0.2, 0.25) is 0 Å². The van der Waals surface area contributed by atoms with Crippen molar-refractivity contribution in [2.75, 3.05) is 6.61 Å². The molecular formula is C22H23FO4. The van der Waals surface area contributed by atoms with E-state index in [0.717, 1.165) is 12.0 Å². The fourth-order valence-electron chi connectivity index (χ4n) is 2.23. The number of ether oxygens (including phenoxy) is 2. The predicted molar refractivity (Wildman–Crippen MR) is 102 cm³/mol. The summed E-state index contributed by atoms with van der Waals surface area (Å²) < 4.78 is 24.3. The van der Waals surface area contributed by atoms with Gasteiger partial charge in [0.1, 0.15) is 17.3 Å². The highest BCUT2D eigenvalue weighted by Crippen LogP contribution is 2.27. The molecule has 0 bridgehead atoms. The third-order valence-corrected chi connectivity index (χ3v) is 3.80. The monoisotopic (exact) mass is 370 g/mol. The fourth-order valence-corrected chi connectivity index (χ4v) is 2.23. The number of carboxylic acid groups (broad SMARTS) is 1. The molecule has 0 atom stereocenters. The third-order valence-electron chi connectivity index (χ3n) is 3.80. The van der Waals surface area contributed by atoms with Crippen LogP contribution in [0.4, 0.5) is 4.39 Å². The van der Waals surface area contributed by atoms with Crippen molar-refractivity contribution >= 4 is 5.97 Å². The Labute approximate surface area is 158 Å². The van der Waals surface area contributed by atoms with Crippen LogP contribution in [0.2, 0.25) is 0 Å². The molecule has 0 aromatic heterocycles. The summed E-state index contributed by atoms with van der Waals surface area (Å²) in [5.41, 5.74) is 0.159. The highest BCUT2D eigenvalue weighted by atomic mass is 19.1. The zero-order valence-corrected chi connectivity index (χ0v) is 15.7. The summed E-state index contributed by atoms with van der Waals surface area (Å²) in [6.45, 7) is 5.34. The van der Waals surface area contributed by atoms with Crippen molar-refractivity contribution in [3.8, 4) is 23.3 Å². The molecule has 0 aliphatic heterocycles. The number of hydrogen-bond donors (Lipinski definition) is 1. The van der Waals surface area contributed by atoms with Gasteiger partial charge in [0, 0.05) is 12.0 Å². The Morgan fingerprint density at radius 3 is 2.67 bits per heavy atom. The number of unbranched alkanes of at least 4 members (excludes halogenated alkanes) is 1. The van der Waals surface area contributed by atoms with E-state index >= 15 is 0 Å². The molecule has 2 aromatic rings. The first-order chi connectivity index (χ1) is 12.8. The van der Waals surface area contributed by atoms with Crippen LogP contribution in [0.5, 0.6) is 11.5 Å². The van der Waals surface area contributed by atoms with Gasteiger partial charge in [-0.25, -0.2) is 9.18 Å². The zero-order chi connectivity index (χ0) is 19.9. The first kappa shape index (κ1) is 20.3. The molecule has 2 aromatic carbocycles. The van der Waals surface area contributed by atoms with Crippen LogP contribution in [0.3, 0.4) is 0 Å². The van der Waals surface area contributed by atoms with E-state index in [4.69, 9.17) is 14.6 Å². The summed E-state index contributed by atoms with van der Waals surface area (Å²) in [4.78, 5) is 11.2. The quantitative estimate of drug-likeness (QED) is 0.572. The van der Waals surface area contributed by atoms with Crippen LogP contribution in [-0.2, 0) is 4.79 Å². The second kappa shape index (κ2) is 9.09. The van der Waals surface area contributed by atoms with Gasteiger partial charge in [-0.1, -0.05) is 17.9 Å². The molecule has 0 amide bonds. The first-order valence-electron chi connectivity index (χ1n) is 8.68. The Kier molecular flexibility index (Phi) is 6.84. The van der Waals surface area contributed by atoms with Gasteiger partial charge in [-0.15, -0.1) is 0 Å². The van der Waals surface area contributed by atoms with Crippen LogP contribution in [0.15, 0.2) is 42.5 Å². The molecule has 0 spiro atoms. The Morgan fingerprint density at radius 1 is 1.22 bits per heavy atom. The van der Waals surface area contributed by atoms with E-state index in [1.807, 2.05) is 13.0 Å². The molecule has 142 valence electrons. The van der Waals surface area contributed by atoms with Crippen molar-refractivity contribution in [3.63, 3.8) is 0 Å². The molecule has 1 N–H and O–H groups in total. The molecule has 4 nitrogen and oxygen atoms in total. The van der Waals surface area contributed by atoms with Crippen molar-refractivity contribution in [2.24, 2.45) is 0 Å². The number of hydrogen-bond acceptors (Lipinski definition) is 3. The molecule has 0 unspecified atom stereocenters. The number of benzene rings is 2. The fraction of sp³-hybridized carbons (Fsp3) is 0.318. The van der Waals surface area contributed by atoms with Gasteiger partial charge in [0.05, 0.1) is 6.61 Å². The summed E-state index contributed by atoms with van der Waals surface area (Å²) >= 11 is 0. The average Bonchev–Trinajstić information content (AvgIpc) is 2.60. The maximum Gasteiger partial charge on any atom is 0.347 e. The smallest absolute Gasteiger partial charge is 0.347 e. The summed E-state index contributed by atoms with van der Waals surface area (Å²) in [6, 6.07) is 11.5. The Morgan fingerprint density at radius 2 is 2.00 bits per heavy atom. The normalized spacial score (nSPS) is 10.7. The highest BCUT2D eigenvalue weighted by Gasteiger charge is 2.29. The maximum absolute atomic E-state index is 13.1. The Hall–Kier alpha value is -3.00. The summed E-state index contributed by atoms with van der Waals surface area (Å²) in [5.74, 6) is 5.80.